The molecule has 2 aromatic carbocycles. The van der Waals surface area contributed by atoms with Gasteiger partial charge in [-0.15, -0.1) is 0 Å². The van der Waals surface area contributed by atoms with E-state index in [1.807, 2.05) is 55.7 Å². The number of nitrogens with one attached hydrogen (secondary N) is 1. The van der Waals surface area contributed by atoms with Gasteiger partial charge in [0.1, 0.15) is 23.2 Å². The number of imidazole rings is 1. The van der Waals surface area contributed by atoms with Crippen molar-refractivity contribution >= 4 is 40.4 Å². The average molecular weight is 853 g/mol. The lowest BCUT2D eigenvalue weighted by Crippen LogP contribution is -2.45. The number of aromatic nitrogens is 2. The zero-order valence-corrected chi connectivity index (χ0v) is 33.8. The van der Waals surface area contributed by atoms with E-state index in [-0.39, 0.29) is 60.6 Å². The zero-order chi connectivity index (χ0) is 43.9. The molecule has 1 unspecified atom stereocenters. The van der Waals surface area contributed by atoms with Gasteiger partial charge >= 0.3 is 12.1 Å². The number of aliphatic carboxylic acids is 1. The average Bonchev–Trinajstić information content (AvgIpc) is 3.71. The number of carbonyl (C=O) groups excluding carboxylic acids is 4. The van der Waals surface area contributed by atoms with E-state index in [0.717, 1.165) is 28.7 Å². The van der Waals surface area contributed by atoms with Gasteiger partial charge in [0.15, 0.2) is 0 Å². The van der Waals surface area contributed by atoms with Gasteiger partial charge in [-0.25, -0.2) is 18.6 Å². The maximum Gasteiger partial charge on any atom is 0.490 e. The summed E-state index contributed by atoms with van der Waals surface area (Å²) >= 11 is 0. The second kappa shape index (κ2) is 22.2. The molecular formula is C40H49F5N6O7S. The van der Waals surface area contributed by atoms with Crippen molar-refractivity contribution in [1.82, 2.24) is 24.7 Å². The largest absolute Gasteiger partial charge is 0.490 e. The van der Waals surface area contributed by atoms with Gasteiger partial charge in [0.05, 0.1) is 11.7 Å². The molecule has 2 atom stereocenters. The summed E-state index contributed by atoms with van der Waals surface area (Å²) in [5.74, 6) is -4.77. The van der Waals surface area contributed by atoms with Crippen LogP contribution in [0.2, 0.25) is 0 Å². The van der Waals surface area contributed by atoms with E-state index in [1.165, 1.54) is 12.2 Å². The van der Waals surface area contributed by atoms with E-state index >= 15 is 0 Å². The number of amides is 4. The molecule has 19 heteroatoms. The Balaban J connectivity index is 0.00000122. The molecular weight excluding hydrogens is 804 g/mol. The Bertz CT molecular complexity index is 1970. The van der Waals surface area contributed by atoms with Crippen LogP contribution in [-0.2, 0) is 41.3 Å². The van der Waals surface area contributed by atoms with Gasteiger partial charge < -0.3 is 25.6 Å². The third kappa shape index (κ3) is 15.1. The first-order chi connectivity index (χ1) is 27.7. The van der Waals surface area contributed by atoms with Crippen molar-refractivity contribution in [1.29, 1.82) is 0 Å². The van der Waals surface area contributed by atoms with E-state index in [1.54, 1.807) is 11.1 Å². The van der Waals surface area contributed by atoms with E-state index < -0.39 is 57.9 Å². The van der Waals surface area contributed by atoms with Crippen LogP contribution in [0.15, 0.2) is 66.9 Å². The number of hydrogen-bond donors (Lipinski definition) is 3. The molecule has 2 heterocycles. The molecule has 0 aliphatic carbocycles. The quantitative estimate of drug-likeness (QED) is 0.0837. The number of nitrogens with zero attached hydrogens (tertiary/aromatic N) is 4. The first kappa shape index (κ1) is 48.1. The number of carboxylic acid groups (broad SMARTS) is 1. The van der Waals surface area contributed by atoms with Gasteiger partial charge in [-0.3, -0.25) is 28.3 Å². The summed E-state index contributed by atoms with van der Waals surface area (Å²) < 4.78 is 76.1. The number of imide groups is 1. The van der Waals surface area contributed by atoms with E-state index in [2.05, 4.69) is 5.32 Å². The van der Waals surface area contributed by atoms with Crippen LogP contribution >= 0.6 is 0 Å². The molecule has 1 aliphatic heterocycles. The summed E-state index contributed by atoms with van der Waals surface area (Å²) in [5, 5.41) is 9.83. The van der Waals surface area contributed by atoms with Crippen LogP contribution in [0.3, 0.4) is 0 Å². The van der Waals surface area contributed by atoms with Crippen LogP contribution in [-0.4, -0.2) is 102 Å². The summed E-state index contributed by atoms with van der Waals surface area (Å²) in [4.78, 5) is 66.0. The number of unbranched alkanes of at least 4 members (excludes halogenated alkanes) is 2. The topological polar surface area (TPSA) is 185 Å². The van der Waals surface area contributed by atoms with Crippen LogP contribution < -0.4 is 11.1 Å². The molecule has 59 heavy (non-hydrogen) atoms. The summed E-state index contributed by atoms with van der Waals surface area (Å²) in [6, 6.07) is 12.2. The third-order valence-electron chi connectivity index (χ3n) is 8.87. The Morgan fingerprint density at radius 3 is 2.20 bits per heavy atom. The third-order valence-corrected chi connectivity index (χ3v) is 10.2. The molecule has 13 nitrogen and oxygen atoms in total. The molecule has 0 saturated carbocycles. The Kier molecular flexibility index (Phi) is 18.1. The molecule has 4 N–H and O–H groups in total. The Hall–Kier alpha value is -5.30. The van der Waals surface area contributed by atoms with Gasteiger partial charge in [0, 0.05) is 73.1 Å². The highest BCUT2D eigenvalue weighted by Gasteiger charge is 2.39. The van der Waals surface area contributed by atoms with Gasteiger partial charge in [0.2, 0.25) is 11.8 Å². The predicted octanol–water partition coefficient (Wildman–Crippen LogP) is 5.12. The number of carbonyl (C=O) groups is 5. The highest BCUT2D eigenvalue weighted by atomic mass is 32.2. The second-order valence-corrected chi connectivity index (χ2v) is 16.2. The summed E-state index contributed by atoms with van der Waals surface area (Å²) in [6.07, 6.45) is 1.42. The van der Waals surface area contributed by atoms with Gasteiger partial charge in [-0.2, -0.15) is 13.2 Å². The first-order valence-corrected chi connectivity index (χ1v) is 20.2. The smallest absolute Gasteiger partial charge is 0.475 e. The molecule has 4 rings (SSSR count). The number of rotatable bonds is 19. The number of nitrogens with two attached hydrogens (primary N) is 1. The standard InChI is InChI=1S/C38H48F2N6O5S.C2HF3O2/c1-38(2,3)36(37-43-31(29-23-28(39)14-15-30(29)40)25-44(37)24-27-11-6-4-7-12-27)46(20-10-18-41)35(50)26-52(51)22-9-5-8-13-32(47)42-19-21-45-33(48)16-17-34(45)49;3-2(4,5)1(6)7/h4,6-7,11-12,14-17,23,25,36H,5,8-10,13,18-22,24,26,41H2,1-3H3,(H,42,47);(H,6,7)/t36-,52?;/m0./s1. The van der Waals surface area contributed by atoms with Crippen LogP contribution in [0.1, 0.15) is 70.3 Å². The van der Waals surface area contributed by atoms with Crippen molar-refractivity contribution in [2.75, 3.05) is 37.7 Å². The van der Waals surface area contributed by atoms with Gasteiger partial charge in [0.25, 0.3) is 11.8 Å². The van der Waals surface area contributed by atoms with Crippen LogP contribution in [0.4, 0.5) is 22.0 Å². The lowest BCUT2D eigenvalue weighted by Gasteiger charge is -2.40. The van der Waals surface area contributed by atoms with Crippen LogP contribution in [0.5, 0.6) is 0 Å². The predicted molar refractivity (Wildman–Crippen MR) is 210 cm³/mol. The van der Waals surface area contributed by atoms with Crippen molar-refractivity contribution in [3.63, 3.8) is 0 Å². The van der Waals surface area contributed by atoms with Crippen molar-refractivity contribution in [2.45, 2.75) is 71.6 Å². The first-order valence-electron chi connectivity index (χ1n) is 18.7. The van der Waals surface area contributed by atoms with E-state index in [9.17, 15) is 45.3 Å². The maximum absolute atomic E-state index is 15.0. The Labute approximate surface area is 341 Å². The summed E-state index contributed by atoms with van der Waals surface area (Å²) in [7, 11) is -1.49. The minimum Gasteiger partial charge on any atom is -0.475 e. The van der Waals surface area contributed by atoms with Crippen molar-refractivity contribution < 1.29 is 55.2 Å². The van der Waals surface area contributed by atoms with Gasteiger partial charge in [-0.1, -0.05) is 57.5 Å². The summed E-state index contributed by atoms with van der Waals surface area (Å²) in [6.45, 7) is 7.15. The molecule has 0 saturated heterocycles. The van der Waals surface area contributed by atoms with E-state index in [0.29, 0.717) is 44.6 Å². The molecule has 4 amide bonds. The molecule has 1 aromatic heterocycles. The minimum atomic E-state index is -5.08. The highest BCUT2D eigenvalue weighted by molar-refractivity contribution is 7.85. The molecule has 3 aromatic rings. The number of alkyl halides is 3. The van der Waals surface area contributed by atoms with Gasteiger partial charge in [-0.05, 0) is 55.0 Å². The van der Waals surface area contributed by atoms with Crippen LogP contribution in [0.25, 0.3) is 11.3 Å². The number of carboxylic acids is 1. The van der Waals surface area contributed by atoms with Crippen molar-refractivity contribution in [2.24, 2.45) is 11.1 Å². The molecule has 0 fully saturated rings. The molecule has 0 spiro atoms. The SMILES string of the molecule is CC(C)(C)[C@H](c1nc(-c2cc(F)ccc2F)cn1Cc1ccccc1)N(CCCN)C(=O)CS(=O)CCCCCC(=O)NCCN1C(=O)C=CC1=O.O=C(O)C(F)(F)F. The molecule has 322 valence electrons. The van der Waals surface area contributed by atoms with Crippen molar-refractivity contribution in [3.05, 3.63) is 89.9 Å². The Morgan fingerprint density at radius 1 is 0.966 bits per heavy atom. The second-order valence-electron chi connectivity index (χ2n) is 14.6. The fraction of sp³-hybridized carbons (Fsp3) is 0.450. The maximum atomic E-state index is 15.0. The fourth-order valence-electron chi connectivity index (χ4n) is 6.10. The minimum absolute atomic E-state index is 0.00625. The van der Waals surface area contributed by atoms with Crippen LogP contribution in [0, 0.1) is 17.0 Å². The van der Waals surface area contributed by atoms with Crippen molar-refractivity contribution in [3.8, 4) is 11.3 Å². The molecule has 0 bridgehead atoms. The monoisotopic (exact) mass is 852 g/mol. The number of halogens is 5. The summed E-state index contributed by atoms with van der Waals surface area (Å²) in [5.41, 5.74) is 6.50. The number of hydrogen-bond acceptors (Lipinski definition) is 8. The normalized spacial score (nSPS) is 13.8. The zero-order valence-electron chi connectivity index (χ0n) is 33.0. The van der Waals surface area contributed by atoms with E-state index in [4.69, 9.17) is 20.6 Å². The lowest BCUT2D eigenvalue weighted by atomic mass is 9.84. The molecule has 0 radical (unpaired) electrons. The number of benzene rings is 2. The fourth-order valence-corrected chi connectivity index (χ4v) is 7.21. The Morgan fingerprint density at radius 2 is 1.61 bits per heavy atom. The lowest BCUT2D eigenvalue weighted by molar-refractivity contribution is -0.192. The highest BCUT2D eigenvalue weighted by Crippen LogP contribution is 2.39. The molecule has 1 aliphatic rings.